The Kier molecular flexibility index (Phi) is 5.56. The van der Waals surface area contributed by atoms with E-state index in [9.17, 15) is 4.79 Å². The highest BCUT2D eigenvalue weighted by Crippen LogP contribution is 2.27. The molecule has 0 radical (unpaired) electrons. The zero-order valence-electron chi connectivity index (χ0n) is 14.3. The third-order valence-corrected chi connectivity index (χ3v) is 5.44. The van der Waals surface area contributed by atoms with Crippen LogP contribution in [0.3, 0.4) is 0 Å². The Balaban J connectivity index is 1.47. The molecule has 5 nitrogen and oxygen atoms in total. The van der Waals surface area contributed by atoms with Crippen LogP contribution in [-0.4, -0.2) is 26.8 Å². The lowest BCUT2D eigenvalue weighted by Crippen LogP contribution is -2.14. The highest BCUT2D eigenvalue weighted by Gasteiger charge is 2.17. The number of carbonyl (C=O) groups is 1. The third-order valence-electron chi connectivity index (χ3n) is 4.59. The normalized spacial score (nSPS) is 14.9. The van der Waals surface area contributed by atoms with Gasteiger partial charge in [0, 0.05) is 12.1 Å². The number of hydrogen-bond donors (Lipinski definition) is 2. The molecule has 128 valence electrons. The van der Waals surface area contributed by atoms with E-state index in [-0.39, 0.29) is 5.91 Å². The lowest BCUT2D eigenvalue weighted by molar-refractivity contribution is -0.113. The van der Waals surface area contributed by atoms with E-state index in [2.05, 4.69) is 27.4 Å². The number of amides is 1. The van der Waals surface area contributed by atoms with Gasteiger partial charge in [-0.2, -0.15) is 0 Å². The minimum atomic E-state index is -0.0367. The standard InChI is InChI=1S/C18H24N4OS/c1-12-7-8-15(9-13(12)2)19-17(23)11-24-18-20-16(21-22-18)10-14-5-3-4-6-14/h7-9,14H,3-6,10-11H2,1-2H3,(H,19,23)(H,20,21,22). The molecular formula is C18H24N4OS. The van der Waals surface area contributed by atoms with Crippen LogP contribution in [0.1, 0.15) is 42.6 Å². The van der Waals surface area contributed by atoms with E-state index in [1.165, 1.54) is 48.6 Å². The van der Waals surface area contributed by atoms with Crippen molar-refractivity contribution in [2.75, 3.05) is 11.1 Å². The summed E-state index contributed by atoms with van der Waals surface area (Å²) >= 11 is 1.37. The van der Waals surface area contributed by atoms with Gasteiger partial charge in [-0.15, -0.1) is 5.10 Å². The molecule has 1 aliphatic rings. The number of benzene rings is 1. The highest BCUT2D eigenvalue weighted by atomic mass is 32.2. The summed E-state index contributed by atoms with van der Waals surface area (Å²) in [5.41, 5.74) is 3.23. The molecule has 3 rings (SSSR count). The maximum absolute atomic E-state index is 12.1. The molecule has 0 bridgehead atoms. The van der Waals surface area contributed by atoms with E-state index in [4.69, 9.17) is 0 Å². The van der Waals surface area contributed by atoms with Gasteiger partial charge in [0.05, 0.1) is 5.75 Å². The maximum atomic E-state index is 12.1. The van der Waals surface area contributed by atoms with Crippen LogP contribution < -0.4 is 5.32 Å². The van der Waals surface area contributed by atoms with Gasteiger partial charge in [-0.05, 0) is 43.0 Å². The van der Waals surface area contributed by atoms with Crippen molar-refractivity contribution >= 4 is 23.4 Å². The minimum Gasteiger partial charge on any atom is -0.325 e. The van der Waals surface area contributed by atoms with Gasteiger partial charge in [-0.25, -0.2) is 4.98 Å². The number of carbonyl (C=O) groups excluding carboxylic acids is 1. The van der Waals surface area contributed by atoms with Gasteiger partial charge in [-0.3, -0.25) is 9.89 Å². The predicted molar refractivity (Wildman–Crippen MR) is 97.3 cm³/mol. The number of H-pyrrole nitrogens is 1. The molecule has 0 unspecified atom stereocenters. The van der Waals surface area contributed by atoms with Crippen LogP contribution >= 0.6 is 11.8 Å². The van der Waals surface area contributed by atoms with Gasteiger partial charge in [0.25, 0.3) is 0 Å². The van der Waals surface area contributed by atoms with E-state index in [1.54, 1.807) is 0 Å². The Labute approximate surface area is 147 Å². The first kappa shape index (κ1) is 17.0. The number of hydrogen-bond acceptors (Lipinski definition) is 4. The summed E-state index contributed by atoms with van der Waals surface area (Å²) in [5, 5.41) is 10.8. The van der Waals surface area contributed by atoms with Crippen molar-refractivity contribution in [3.63, 3.8) is 0 Å². The Bertz CT molecular complexity index is 707. The number of nitrogens with zero attached hydrogens (tertiary/aromatic N) is 2. The van der Waals surface area contributed by atoms with Gasteiger partial charge in [0.1, 0.15) is 5.82 Å². The second-order valence-corrected chi connectivity index (χ2v) is 7.50. The van der Waals surface area contributed by atoms with Crippen molar-refractivity contribution in [2.24, 2.45) is 5.92 Å². The fourth-order valence-corrected chi connectivity index (χ4v) is 3.69. The van der Waals surface area contributed by atoms with Gasteiger partial charge in [0.2, 0.25) is 11.1 Å². The second-order valence-electron chi connectivity index (χ2n) is 6.56. The molecule has 1 heterocycles. The van der Waals surface area contributed by atoms with Gasteiger partial charge in [0.15, 0.2) is 0 Å². The number of anilines is 1. The molecule has 2 N–H and O–H groups in total. The Morgan fingerprint density at radius 1 is 1.29 bits per heavy atom. The van der Waals surface area contributed by atoms with Crippen LogP contribution in [0.4, 0.5) is 5.69 Å². The van der Waals surface area contributed by atoms with Gasteiger partial charge in [-0.1, -0.05) is 43.5 Å². The monoisotopic (exact) mass is 344 g/mol. The van der Waals surface area contributed by atoms with Crippen molar-refractivity contribution in [1.82, 2.24) is 15.2 Å². The summed E-state index contributed by atoms with van der Waals surface area (Å²) in [5.74, 6) is 1.96. The van der Waals surface area contributed by atoms with Gasteiger partial charge >= 0.3 is 0 Å². The van der Waals surface area contributed by atoms with Crippen LogP contribution in [0.2, 0.25) is 0 Å². The maximum Gasteiger partial charge on any atom is 0.234 e. The minimum absolute atomic E-state index is 0.0367. The van der Waals surface area contributed by atoms with Crippen molar-refractivity contribution in [2.45, 2.75) is 51.1 Å². The Morgan fingerprint density at radius 2 is 2.08 bits per heavy atom. The fraction of sp³-hybridized carbons (Fsp3) is 0.500. The first-order valence-electron chi connectivity index (χ1n) is 8.51. The number of thioether (sulfide) groups is 1. The zero-order chi connectivity index (χ0) is 16.9. The molecule has 0 saturated heterocycles. The highest BCUT2D eigenvalue weighted by molar-refractivity contribution is 7.99. The SMILES string of the molecule is Cc1ccc(NC(=O)CSc2n[nH]c(CC3CCCC3)n2)cc1C. The molecule has 1 aromatic heterocycles. The Hall–Kier alpha value is -1.82. The summed E-state index contributed by atoms with van der Waals surface area (Å²) in [7, 11) is 0. The molecule has 2 aromatic rings. The zero-order valence-corrected chi connectivity index (χ0v) is 15.1. The lowest BCUT2D eigenvalue weighted by Gasteiger charge is -2.06. The van der Waals surface area contributed by atoms with Crippen LogP contribution in [0.25, 0.3) is 0 Å². The van der Waals surface area contributed by atoms with Crippen LogP contribution in [0, 0.1) is 19.8 Å². The fourth-order valence-electron chi connectivity index (χ4n) is 3.07. The molecule has 1 aromatic carbocycles. The summed E-state index contributed by atoms with van der Waals surface area (Å²) in [4.78, 5) is 16.6. The smallest absolute Gasteiger partial charge is 0.234 e. The van der Waals surface area contributed by atoms with Crippen molar-refractivity contribution in [1.29, 1.82) is 0 Å². The van der Waals surface area contributed by atoms with Crippen LogP contribution in [-0.2, 0) is 11.2 Å². The predicted octanol–water partition coefficient (Wildman–Crippen LogP) is 3.89. The number of aryl methyl sites for hydroxylation is 2. The first-order valence-corrected chi connectivity index (χ1v) is 9.50. The molecule has 1 saturated carbocycles. The molecule has 1 aliphatic carbocycles. The molecular weight excluding hydrogens is 320 g/mol. The lowest BCUT2D eigenvalue weighted by atomic mass is 10.0. The summed E-state index contributed by atoms with van der Waals surface area (Å²) < 4.78 is 0. The average molecular weight is 344 g/mol. The van der Waals surface area contributed by atoms with Crippen LogP contribution in [0.5, 0.6) is 0 Å². The van der Waals surface area contributed by atoms with E-state index in [0.29, 0.717) is 10.9 Å². The average Bonchev–Trinajstić information content (AvgIpc) is 3.21. The number of nitrogens with one attached hydrogen (secondary N) is 2. The van der Waals surface area contributed by atoms with E-state index < -0.39 is 0 Å². The number of rotatable bonds is 6. The quantitative estimate of drug-likeness (QED) is 0.780. The molecule has 0 aliphatic heterocycles. The molecule has 1 amide bonds. The summed E-state index contributed by atoms with van der Waals surface area (Å²) in [6, 6.07) is 5.93. The van der Waals surface area contributed by atoms with Crippen molar-refractivity contribution in [3.05, 3.63) is 35.2 Å². The van der Waals surface area contributed by atoms with Crippen LogP contribution in [0.15, 0.2) is 23.4 Å². The second kappa shape index (κ2) is 7.83. The van der Waals surface area contributed by atoms with Crippen molar-refractivity contribution < 1.29 is 4.79 Å². The summed E-state index contributed by atoms with van der Waals surface area (Å²) in [6.45, 7) is 4.10. The molecule has 0 spiro atoms. The Morgan fingerprint density at radius 3 is 2.83 bits per heavy atom. The molecule has 6 heteroatoms. The molecule has 1 fully saturated rings. The number of aromatic nitrogens is 3. The van der Waals surface area contributed by atoms with E-state index in [0.717, 1.165) is 23.9 Å². The first-order chi connectivity index (χ1) is 11.6. The van der Waals surface area contributed by atoms with Crippen molar-refractivity contribution in [3.8, 4) is 0 Å². The molecule has 24 heavy (non-hydrogen) atoms. The van der Waals surface area contributed by atoms with E-state index in [1.807, 2.05) is 25.1 Å². The largest absolute Gasteiger partial charge is 0.325 e. The van der Waals surface area contributed by atoms with E-state index >= 15 is 0 Å². The molecule has 0 atom stereocenters. The van der Waals surface area contributed by atoms with Gasteiger partial charge < -0.3 is 5.32 Å². The number of aromatic amines is 1. The summed E-state index contributed by atoms with van der Waals surface area (Å²) in [6.07, 6.45) is 6.23. The topological polar surface area (TPSA) is 70.7 Å². The third kappa shape index (κ3) is 4.60.